The Morgan fingerprint density at radius 3 is 3.08 bits per heavy atom. The first-order chi connectivity index (χ1) is 6.34. The minimum atomic E-state index is 1.11. The first-order valence-corrected chi connectivity index (χ1v) is 4.52. The standard InChI is InChI=1S/C12H15N/c1-3-13-10-12-9-7-5-4-6-8-11(12)2/h3,5,7-10H,1,4,6H2,2H3/b7-5-,11-8+,12-9-,13-10-. The zero-order valence-electron chi connectivity index (χ0n) is 8.03. The monoisotopic (exact) mass is 173 g/mol. The second kappa shape index (κ2) is 5.31. The van der Waals surface area contributed by atoms with E-state index in [-0.39, 0.29) is 0 Å². The highest BCUT2D eigenvalue weighted by Crippen LogP contribution is 2.12. The molecule has 1 aliphatic rings. The summed E-state index contributed by atoms with van der Waals surface area (Å²) in [5.41, 5.74) is 2.45. The summed E-state index contributed by atoms with van der Waals surface area (Å²) in [5, 5.41) is 0. The van der Waals surface area contributed by atoms with Crippen LogP contribution in [0.4, 0.5) is 0 Å². The van der Waals surface area contributed by atoms with Crippen LogP contribution in [-0.2, 0) is 0 Å². The van der Waals surface area contributed by atoms with Crippen LogP contribution in [0.3, 0.4) is 0 Å². The van der Waals surface area contributed by atoms with Gasteiger partial charge in [-0.1, -0.05) is 30.9 Å². The minimum absolute atomic E-state index is 1.11. The van der Waals surface area contributed by atoms with Gasteiger partial charge in [0.2, 0.25) is 0 Å². The molecule has 1 rings (SSSR count). The SMILES string of the molecule is C=C\N=C/C1=C/C=C\CC\C=C\1C. The van der Waals surface area contributed by atoms with Crippen molar-refractivity contribution >= 4 is 6.21 Å². The molecule has 0 aromatic carbocycles. The van der Waals surface area contributed by atoms with Gasteiger partial charge < -0.3 is 0 Å². The zero-order valence-corrected chi connectivity index (χ0v) is 8.03. The van der Waals surface area contributed by atoms with E-state index in [1.807, 2.05) is 6.21 Å². The van der Waals surface area contributed by atoms with Gasteiger partial charge in [0.25, 0.3) is 0 Å². The van der Waals surface area contributed by atoms with Crippen molar-refractivity contribution < 1.29 is 0 Å². The highest BCUT2D eigenvalue weighted by Gasteiger charge is 1.96. The molecule has 0 saturated heterocycles. The molecule has 0 heterocycles. The van der Waals surface area contributed by atoms with Crippen LogP contribution in [0.25, 0.3) is 0 Å². The lowest BCUT2D eigenvalue weighted by atomic mass is 10.0. The summed E-state index contributed by atoms with van der Waals surface area (Å²) >= 11 is 0. The molecule has 1 nitrogen and oxygen atoms in total. The van der Waals surface area contributed by atoms with Crippen molar-refractivity contribution in [1.29, 1.82) is 0 Å². The maximum atomic E-state index is 4.01. The van der Waals surface area contributed by atoms with Crippen LogP contribution < -0.4 is 0 Å². The Labute approximate surface area is 79.9 Å². The molecule has 0 N–H and O–H groups in total. The predicted octanol–water partition coefficient (Wildman–Crippen LogP) is 3.42. The van der Waals surface area contributed by atoms with Crippen molar-refractivity contribution in [1.82, 2.24) is 0 Å². The molecule has 1 heteroatoms. The molecule has 0 unspecified atom stereocenters. The lowest BCUT2D eigenvalue weighted by Crippen LogP contribution is -1.88. The molecule has 0 aromatic heterocycles. The smallest absolute Gasteiger partial charge is 0.0342 e. The predicted molar refractivity (Wildman–Crippen MR) is 58.9 cm³/mol. The molecule has 0 aromatic rings. The Morgan fingerprint density at radius 2 is 2.31 bits per heavy atom. The molecule has 0 radical (unpaired) electrons. The maximum Gasteiger partial charge on any atom is 0.0342 e. The summed E-state index contributed by atoms with van der Waals surface area (Å²) in [4.78, 5) is 4.01. The summed E-state index contributed by atoms with van der Waals surface area (Å²) in [5.74, 6) is 0. The molecule has 1 aliphatic carbocycles. The molecule has 0 atom stereocenters. The van der Waals surface area contributed by atoms with Crippen molar-refractivity contribution in [3.8, 4) is 0 Å². The van der Waals surface area contributed by atoms with Gasteiger partial charge in [0.1, 0.15) is 0 Å². The summed E-state index contributed by atoms with van der Waals surface area (Å²) in [6.45, 7) is 5.66. The fourth-order valence-corrected chi connectivity index (χ4v) is 1.19. The largest absolute Gasteiger partial charge is 0.265 e. The number of rotatable bonds is 2. The van der Waals surface area contributed by atoms with Gasteiger partial charge in [-0.15, -0.1) is 0 Å². The van der Waals surface area contributed by atoms with Crippen LogP contribution >= 0.6 is 0 Å². The molecule has 0 amide bonds. The second-order valence-corrected chi connectivity index (χ2v) is 2.98. The maximum absolute atomic E-state index is 4.01. The van der Waals surface area contributed by atoms with E-state index in [2.05, 4.69) is 42.8 Å². The van der Waals surface area contributed by atoms with Gasteiger partial charge in [-0.25, -0.2) is 0 Å². The second-order valence-electron chi connectivity index (χ2n) is 2.98. The van der Waals surface area contributed by atoms with E-state index in [4.69, 9.17) is 0 Å². The van der Waals surface area contributed by atoms with Gasteiger partial charge in [0.05, 0.1) is 0 Å². The van der Waals surface area contributed by atoms with E-state index in [0.29, 0.717) is 0 Å². The van der Waals surface area contributed by atoms with Crippen molar-refractivity contribution in [3.05, 3.63) is 48.2 Å². The summed E-state index contributed by atoms with van der Waals surface area (Å²) in [6, 6.07) is 0. The van der Waals surface area contributed by atoms with Gasteiger partial charge >= 0.3 is 0 Å². The van der Waals surface area contributed by atoms with Crippen LogP contribution in [0.1, 0.15) is 19.8 Å². The van der Waals surface area contributed by atoms with Crippen LogP contribution in [0.2, 0.25) is 0 Å². The van der Waals surface area contributed by atoms with E-state index in [1.165, 1.54) is 5.57 Å². The number of allylic oxidation sites excluding steroid dienone is 6. The van der Waals surface area contributed by atoms with E-state index in [1.54, 1.807) is 6.20 Å². The normalized spacial score (nSPS) is 28.1. The van der Waals surface area contributed by atoms with Crippen LogP contribution in [-0.4, -0.2) is 6.21 Å². The molecule has 0 fully saturated rings. The zero-order chi connectivity index (χ0) is 9.52. The molecule has 0 spiro atoms. The Bertz CT molecular complexity index is 290. The minimum Gasteiger partial charge on any atom is -0.265 e. The van der Waals surface area contributed by atoms with Crippen LogP contribution in [0.5, 0.6) is 0 Å². The number of aliphatic imine (C=N–C) groups is 1. The van der Waals surface area contributed by atoms with E-state index in [9.17, 15) is 0 Å². The number of hydrogen-bond donors (Lipinski definition) is 0. The molecule has 0 bridgehead atoms. The van der Waals surface area contributed by atoms with Crippen molar-refractivity contribution in [3.63, 3.8) is 0 Å². The van der Waals surface area contributed by atoms with Gasteiger partial charge in [-0.2, -0.15) is 0 Å². The Hall–Kier alpha value is -1.37. The third-order valence-corrected chi connectivity index (χ3v) is 1.97. The first kappa shape index (κ1) is 9.72. The molecular formula is C12H15N. The van der Waals surface area contributed by atoms with Gasteiger partial charge in [0, 0.05) is 12.4 Å². The highest BCUT2D eigenvalue weighted by molar-refractivity contribution is 5.85. The van der Waals surface area contributed by atoms with Gasteiger partial charge in [-0.05, 0) is 30.9 Å². The quantitative estimate of drug-likeness (QED) is 0.567. The fourth-order valence-electron chi connectivity index (χ4n) is 1.19. The van der Waals surface area contributed by atoms with Crippen molar-refractivity contribution in [2.24, 2.45) is 4.99 Å². The van der Waals surface area contributed by atoms with Gasteiger partial charge in [0.15, 0.2) is 0 Å². The van der Waals surface area contributed by atoms with Gasteiger partial charge in [-0.3, -0.25) is 4.99 Å². The van der Waals surface area contributed by atoms with E-state index in [0.717, 1.165) is 18.4 Å². The Morgan fingerprint density at radius 1 is 1.46 bits per heavy atom. The molecule has 13 heavy (non-hydrogen) atoms. The highest BCUT2D eigenvalue weighted by atomic mass is 14.7. The van der Waals surface area contributed by atoms with Crippen molar-refractivity contribution in [2.75, 3.05) is 0 Å². The molecule has 0 aliphatic heterocycles. The fraction of sp³-hybridized carbons (Fsp3) is 0.250. The third-order valence-electron chi connectivity index (χ3n) is 1.97. The Balaban J connectivity index is 2.87. The summed E-state index contributed by atoms with van der Waals surface area (Å²) in [6.07, 6.45) is 14.2. The molecule has 68 valence electrons. The third kappa shape index (κ3) is 3.24. The van der Waals surface area contributed by atoms with Crippen LogP contribution in [0, 0.1) is 0 Å². The van der Waals surface area contributed by atoms with Crippen LogP contribution in [0.15, 0.2) is 53.2 Å². The number of hydrogen-bond acceptors (Lipinski definition) is 1. The lowest BCUT2D eigenvalue weighted by Gasteiger charge is -2.02. The molecule has 0 saturated carbocycles. The average Bonchev–Trinajstić information content (AvgIpc) is 2.11. The number of nitrogens with zero attached hydrogens (tertiary/aromatic N) is 1. The summed E-state index contributed by atoms with van der Waals surface area (Å²) in [7, 11) is 0. The van der Waals surface area contributed by atoms with E-state index >= 15 is 0 Å². The Kier molecular flexibility index (Phi) is 3.97. The van der Waals surface area contributed by atoms with Crippen molar-refractivity contribution in [2.45, 2.75) is 19.8 Å². The topological polar surface area (TPSA) is 12.4 Å². The molecular weight excluding hydrogens is 158 g/mol. The first-order valence-electron chi connectivity index (χ1n) is 4.52. The lowest BCUT2D eigenvalue weighted by molar-refractivity contribution is 1.03. The summed E-state index contributed by atoms with van der Waals surface area (Å²) < 4.78 is 0. The average molecular weight is 173 g/mol. The van der Waals surface area contributed by atoms with E-state index < -0.39 is 0 Å².